The fourth-order valence-corrected chi connectivity index (χ4v) is 2.57. The summed E-state index contributed by atoms with van der Waals surface area (Å²) in [6.45, 7) is 6.68. The van der Waals surface area contributed by atoms with Crippen LogP contribution >= 0.6 is 0 Å². The predicted octanol–water partition coefficient (Wildman–Crippen LogP) is 3.12. The Morgan fingerprint density at radius 1 is 1.09 bits per heavy atom. The Morgan fingerprint density at radius 3 is 2.65 bits per heavy atom. The van der Waals surface area contributed by atoms with Crippen molar-refractivity contribution in [2.45, 2.75) is 32.9 Å². The highest BCUT2D eigenvalue weighted by Crippen LogP contribution is 2.28. The number of nitrogens with one attached hydrogen (secondary N) is 1. The van der Waals surface area contributed by atoms with Gasteiger partial charge in [0.25, 0.3) is 0 Å². The molecule has 0 saturated carbocycles. The van der Waals surface area contributed by atoms with E-state index in [9.17, 15) is 5.11 Å². The van der Waals surface area contributed by atoms with Gasteiger partial charge in [-0.15, -0.1) is 0 Å². The summed E-state index contributed by atoms with van der Waals surface area (Å²) in [7, 11) is 0. The van der Waals surface area contributed by atoms with E-state index in [1.807, 2.05) is 25.1 Å². The average Bonchev–Trinajstić information content (AvgIpc) is 2.60. The maximum Gasteiger partial charge on any atom is 0.124 e. The number of aliphatic hydroxyl groups excluding tert-OH is 1. The van der Waals surface area contributed by atoms with Gasteiger partial charge >= 0.3 is 0 Å². The van der Waals surface area contributed by atoms with Gasteiger partial charge in [0, 0.05) is 24.8 Å². The van der Waals surface area contributed by atoms with E-state index < -0.39 is 0 Å². The lowest BCUT2D eigenvalue weighted by molar-refractivity contribution is 0.110. The zero-order chi connectivity index (χ0) is 16.5. The topological polar surface area (TPSA) is 50.7 Å². The van der Waals surface area contributed by atoms with Crippen molar-refractivity contribution >= 4 is 10.8 Å². The van der Waals surface area contributed by atoms with Gasteiger partial charge in [0.15, 0.2) is 0 Å². The fourth-order valence-electron chi connectivity index (χ4n) is 2.57. The number of rotatable bonds is 10. The van der Waals surface area contributed by atoms with Gasteiger partial charge in [-0.3, -0.25) is 0 Å². The standard InChI is InChI=1S/C19H27NO3/c1-3-16(14-21)20-13-18-17-8-6-5-7-15(17)9-10-19(18)23-12-11-22-4-2/h5-10,16,20-21H,3-4,11-14H2,1-2H3. The predicted molar refractivity (Wildman–Crippen MR) is 93.9 cm³/mol. The first kappa shape index (κ1) is 17.7. The quantitative estimate of drug-likeness (QED) is 0.661. The number of benzene rings is 2. The molecular formula is C19H27NO3. The molecule has 0 aliphatic carbocycles. The van der Waals surface area contributed by atoms with E-state index in [2.05, 4.69) is 30.4 Å². The van der Waals surface area contributed by atoms with Gasteiger partial charge in [-0.25, -0.2) is 0 Å². The first-order valence-corrected chi connectivity index (χ1v) is 8.35. The molecule has 2 aromatic carbocycles. The zero-order valence-electron chi connectivity index (χ0n) is 14.0. The Morgan fingerprint density at radius 2 is 1.91 bits per heavy atom. The molecule has 0 saturated heterocycles. The Labute approximate surface area is 138 Å². The second kappa shape index (κ2) is 9.50. The first-order valence-electron chi connectivity index (χ1n) is 8.35. The number of fused-ring (bicyclic) bond motifs is 1. The Bertz CT molecular complexity index is 596. The summed E-state index contributed by atoms with van der Waals surface area (Å²) in [5, 5.41) is 15.2. The Kier molecular flexibility index (Phi) is 7.33. The molecule has 4 heteroatoms. The Balaban J connectivity index is 2.20. The molecule has 0 aromatic heterocycles. The van der Waals surface area contributed by atoms with E-state index in [1.165, 1.54) is 10.8 Å². The van der Waals surface area contributed by atoms with Gasteiger partial charge in [-0.1, -0.05) is 37.3 Å². The molecule has 0 amide bonds. The molecule has 0 aliphatic heterocycles. The van der Waals surface area contributed by atoms with Crippen molar-refractivity contribution in [2.75, 3.05) is 26.4 Å². The lowest BCUT2D eigenvalue weighted by Gasteiger charge is -2.18. The molecule has 0 fully saturated rings. The summed E-state index contributed by atoms with van der Waals surface area (Å²) >= 11 is 0. The molecule has 0 heterocycles. The summed E-state index contributed by atoms with van der Waals surface area (Å²) in [5.41, 5.74) is 1.13. The second-order valence-corrected chi connectivity index (χ2v) is 5.48. The van der Waals surface area contributed by atoms with Crippen LogP contribution in [0.4, 0.5) is 0 Å². The van der Waals surface area contributed by atoms with Crippen molar-refractivity contribution in [1.29, 1.82) is 0 Å². The third-order valence-electron chi connectivity index (χ3n) is 3.97. The largest absolute Gasteiger partial charge is 0.491 e. The molecule has 0 aliphatic rings. The maximum absolute atomic E-state index is 9.38. The first-order chi connectivity index (χ1) is 11.3. The van der Waals surface area contributed by atoms with Crippen molar-refractivity contribution in [3.63, 3.8) is 0 Å². The van der Waals surface area contributed by atoms with Crippen LogP contribution in [0.1, 0.15) is 25.8 Å². The zero-order valence-corrected chi connectivity index (χ0v) is 14.0. The van der Waals surface area contributed by atoms with Gasteiger partial charge in [0.2, 0.25) is 0 Å². The van der Waals surface area contributed by atoms with E-state index >= 15 is 0 Å². The molecule has 2 aromatic rings. The summed E-state index contributed by atoms with van der Waals surface area (Å²) in [6, 6.07) is 12.5. The lowest BCUT2D eigenvalue weighted by atomic mass is 10.0. The summed E-state index contributed by atoms with van der Waals surface area (Å²) in [6.07, 6.45) is 0.891. The highest BCUT2D eigenvalue weighted by Gasteiger charge is 2.11. The van der Waals surface area contributed by atoms with E-state index in [0.717, 1.165) is 17.7 Å². The molecule has 0 spiro atoms. The number of hydrogen-bond acceptors (Lipinski definition) is 4. The van der Waals surface area contributed by atoms with Crippen LogP contribution in [-0.4, -0.2) is 37.6 Å². The highest BCUT2D eigenvalue weighted by molar-refractivity contribution is 5.87. The number of hydrogen-bond donors (Lipinski definition) is 2. The smallest absolute Gasteiger partial charge is 0.124 e. The van der Waals surface area contributed by atoms with E-state index in [0.29, 0.717) is 26.4 Å². The molecule has 1 unspecified atom stereocenters. The van der Waals surface area contributed by atoms with Gasteiger partial charge in [-0.05, 0) is 30.2 Å². The molecule has 23 heavy (non-hydrogen) atoms. The maximum atomic E-state index is 9.38. The number of ether oxygens (including phenoxy) is 2. The molecule has 126 valence electrons. The van der Waals surface area contributed by atoms with Gasteiger partial charge in [0.1, 0.15) is 12.4 Å². The molecule has 0 bridgehead atoms. The van der Waals surface area contributed by atoms with Crippen molar-refractivity contribution in [3.05, 3.63) is 42.0 Å². The van der Waals surface area contributed by atoms with Crippen molar-refractivity contribution in [1.82, 2.24) is 5.32 Å². The van der Waals surface area contributed by atoms with Gasteiger partial charge < -0.3 is 19.9 Å². The van der Waals surface area contributed by atoms with Crippen LogP contribution in [0.2, 0.25) is 0 Å². The fraction of sp³-hybridized carbons (Fsp3) is 0.474. The van der Waals surface area contributed by atoms with Crippen LogP contribution in [0.25, 0.3) is 10.8 Å². The van der Waals surface area contributed by atoms with Crippen LogP contribution in [0.3, 0.4) is 0 Å². The van der Waals surface area contributed by atoms with Gasteiger partial charge in [0.05, 0.1) is 13.2 Å². The molecular weight excluding hydrogens is 290 g/mol. The van der Waals surface area contributed by atoms with Crippen molar-refractivity contribution in [2.24, 2.45) is 0 Å². The Hall–Kier alpha value is -1.62. The average molecular weight is 317 g/mol. The normalized spacial score (nSPS) is 12.5. The van der Waals surface area contributed by atoms with Crippen LogP contribution in [0.5, 0.6) is 5.75 Å². The SMILES string of the molecule is CCOCCOc1ccc2ccccc2c1CNC(CC)CO. The lowest BCUT2D eigenvalue weighted by Crippen LogP contribution is -2.31. The van der Waals surface area contributed by atoms with Crippen molar-refractivity contribution in [3.8, 4) is 5.75 Å². The van der Waals surface area contributed by atoms with E-state index in [1.54, 1.807) is 0 Å². The van der Waals surface area contributed by atoms with Gasteiger partial charge in [-0.2, -0.15) is 0 Å². The van der Waals surface area contributed by atoms with Crippen LogP contribution < -0.4 is 10.1 Å². The van der Waals surface area contributed by atoms with Crippen LogP contribution in [0, 0.1) is 0 Å². The summed E-state index contributed by atoms with van der Waals surface area (Å²) in [5.74, 6) is 0.878. The molecule has 4 nitrogen and oxygen atoms in total. The van der Waals surface area contributed by atoms with Crippen molar-refractivity contribution < 1.29 is 14.6 Å². The molecule has 2 N–H and O–H groups in total. The monoisotopic (exact) mass is 317 g/mol. The second-order valence-electron chi connectivity index (χ2n) is 5.48. The minimum atomic E-state index is 0.102. The van der Waals surface area contributed by atoms with Crippen LogP contribution in [0.15, 0.2) is 36.4 Å². The summed E-state index contributed by atoms with van der Waals surface area (Å²) < 4.78 is 11.3. The molecule has 1 atom stereocenters. The van der Waals surface area contributed by atoms with Crippen LogP contribution in [-0.2, 0) is 11.3 Å². The minimum absolute atomic E-state index is 0.102. The number of aliphatic hydroxyl groups is 1. The molecule has 2 rings (SSSR count). The third-order valence-corrected chi connectivity index (χ3v) is 3.97. The van der Waals surface area contributed by atoms with E-state index in [-0.39, 0.29) is 12.6 Å². The summed E-state index contributed by atoms with van der Waals surface area (Å²) in [4.78, 5) is 0. The molecule has 0 radical (unpaired) electrons. The highest BCUT2D eigenvalue weighted by atomic mass is 16.5. The van der Waals surface area contributed by atoms with E-state index in [4.69, 9.17) is 9.47 Å². The minimum Gasteiger partial charge on any atom is -0.491 e. The third kappa shape index (κ3) is 4.93.